The number of hydrogen-bond donors (Lipinski definition) is 2. The molecule has 2 N–H and O–H groups in total. The summed E-state index contributed by atoms with van der Waals surface area (Å²) in [6, 6.07) is 8.51. The molecule has 3 unspecified atom stereocenters. The molecule has 116 valence electrons. The van der Waals surface area contributed by atoms with Crippen LogP contribution in [-0.2, 0) is 11.2 Å². The molecule has 4 nitrogen and oxygen atoms in total. The standard InChI is InChI=1S/C17H26N2O2/c1-2-18-16(10-13-5-7-15(20)8-6-13)17-11-19-9-3-4-14(19)12-21-17/h5-8,14,16-18,20H,2-4,9-12H2,1H3. The molecule has 21 heavy (non-hydrogen) atoms. The minimum absolute atomic E-state index is 0.258. The van der Waals surface area contributed by atoms with E-state index in [0.29, 0.717) is 17.8 Å². The fraction of sp³-hybridized carbons (Fsp3) is 0.647. The van der Waals surface area contributed by atoms with Gasteiger partial charge in [-0.15, -0.1) is 0 Å². The summed E-state index contributed by atoms with van der Waals surface area (Å²) in [5.74, 6) is 0.326. The van der Waals surface area contributed by atoms with Crippen LogP contribution in [-0.4, -0.2) is 54.4 Å². The van der Waals surface area contributed by atoms with Crippen LogP contribution >= 0.6 is 0 Å². The molecule has 0 bridgehead atoms. The van der Waals surface area contributed by atoms with Gasteiger partial charge >= 0.3 is 0 Å². The molecule has 0 saturated carbocycles. The van der Waals surface area contributed by atoms with E-state index >= 15 is 0 Å². The SMILES string of the molecule is CCNC(Cc1ccc(O)cc1)C1CN2CCCC2CO1. The number of phenols is 1. The Morgan fingerprint density at radius 3 is 2.95 bits per heavy atom. The Labute approximate surface area is 127 Å². The summed E-state index contributed by atoms with van der Waals surface area (Å²) < 4.78 is 6.15. The first kappa shape index (κ1) is 14.8. The van der Waals surface area contributed by atoms with Crippen LogP contribution < -0.4 is 5.32 Å². The Balaban J connectivity index is 1.64. The molecular weight excluding hydrogens is 264 g/mol. The summed E-state index contributed by atoms with van der Waals surface area (Å²) in [7, 11) is 0. The predicted molar refractivity (Wildman–Crippen MR) is 83.6 cm³/mol. The molecule has 2 saturated heterocycles. The third kappa shape index (κ3) is 3.57. The number of hydrogen-bond acceptors (Lipinski definition) is 4. The molecule has 0 aromatic heterocycles. The van der Waals surface area contributed by atoms with Crippen molar-refractivity contribution in [3.63, 3.8) is 0 Å². The predicted octanol–water partition coefficient (Wildman–Crippen LogP) is 1.78. The Bertz CT molecular complexity index is 449. The molecule has 0 radical (unpaired) electrons. The highest BCUT2D eigenvalue weighted by Crippen LogP contribution is 2.25. The highest BCUT2D eigenvalue weighted by molar-refractivity contribution is 5.26. The van der Waals surface area contributed by atoms with Crippen molar-refractivity contribution < 1.29 is 9.84 Å². The number of nitrogens with zero attached hydrogens (tertiary/aromatic N) is 1. The van der Waals surface area contributed by atoms with Crippen molar-refractivity contribution in [2.45, 2.75) is 44.4 Å². The lowest BCUT2D eigenvalue weighted by atomic mass is 9.99. The van der Waals surface area contributed by atoms with Gasteiger partial charge in [-0.05, 0) is 50.0 Å². The minimum Gasteiger partial charge on any atom is -0.508 e. The van der Waals surface area contributed by atoms with Gasteiger partial charge in [-0.3, -0.25) is 4.90 Å². The van der Waals surface area contributed by atoms with E-state index in [9.17, 15) is 5.11 Å². The van der Waals surface area contributed by atoms with Crippen LogP contribution in [0.4, 0.5) is 0 Å². The average Bonchev–Trinajstić information content (AvgIpc) is 2.96. The highest BCUT2D eigenvalue weighted by atomic mass is 16.5. The van der Waals surface area contributed by atoms with E-state index in [0.717, 1.165) is 26.1 Å². The molecule has 2 fully saturated rings. The third-order valence-electron chi connectivity index (χ3n) is 4.72. The zero-order valence-electron chi connectivity index (χ0n) is 12.8. The lowest BCUT2D eigenvalue weighted by Crippen LogP contribution is -2.54. The van der Waals surface area contributed by atoms with Crippen molar-refractivity contribution in [2.24, 2.45) is 0 Å². The van der Waals surface area contributed by atoms with Crippen LogP contribution in [0.3, 0.4) is 0 Å². The van der Waals surface area contributed by atoms with E-state index in [2.05, 4.69) is 17.1 Å². The van der Waals surface area contributed by atoms with E-state index < -0.39 is 0 Å². The molecule has 0 amide bonds. The normalized spacial score (nSPS) is 27.5. The van der Waals surface area contributed by atoms with Gasteiger partial charge in [0.1, 0.15) is 5.75 Å². The average molecular weight is 290 g/mol. The first-order chi connectivity index (χ1) is 10.3. The molecule has 4 heteroatoms. The second-order valence-electron chi connectivity index (χ2n) is 6.20. The van der Waals surface area contributed by atoms with Crippen molar-refractivity contribution in [3.05, 3.63) is 29.8 Å². The molecule has 2 heterocycles. The smallest absolute Gasteiger partial charge is 0.115 e. The van der Waals surface area contributed by atoms with Gasteiger partial charge in [0.2, 0.25) is 0 Å². The van der Waals surface area contributed by atoms with Crippen LogP contribution in [0, 0.1) is 0 Å². The monoisotopic (exact) mass is 290 g/mol. The maximum absolute atomic E-state index is 9.40. The lowest BCUT2D eigenvalue weighted by Gasteiger charge is -2.39. The Kier molecular flexibility index (Phi) is 4.78. The van der Waals surface area contributed by atoms with Gasteiger partial charge in [0.15, 0.2) is 0 Å². The Hall–Kier alpha value is -1.10. The quantitative estimate of drug-likeness (QED) is 0.867. The summed E-state index contributed by atoms with van der Waals surface area (Å²) in [5.41, 5.74) is 1.24. The minimum atomic E-state index is 0.258. The molecule has 3 rings (SSSR count). The maximum Gasteiger partial charge on any atom is 0.115 e. The number of nitrogens with one attached hydrogen (secondary N) is 1. The topological polar surface area (TPSA) is 44.7 Å². The van der Waals surface area contributed by atoms with Gasteiger partial charge < -0.3 is 15.2 Å². The van der Waals surface area contributed by atoms with Crippen LogP contribution in [0.1, 0.15) is 25.3 Å². The number of ether oxygens (including phenoxy) is 1. The van der Waals surface area contributed by atoms with E-state index in [1.54, 1.807) is 12.1 Å². The summed E-state index contributed by atoms with van der Waals surface area (Å²) in [4.78, 5) is 2.59. The van der Waals surface area contributed by atoms with E-state index in [4.69, 9.17) is 4.74 Å². The number of aromatic hydroxyl groups is 1. The fourth-order valence-corrected chi connectivity index (χ4v) is 3.57. The van der Waals surface area contributed by atoms with Crippen molar-refractivity contribution in [1.82, 2.24) is 10.2 Å². The largest absolute Gasteiger partial charge is 0.508 e. The number of rotatable bonds is 5. The molecule has 0 spiro atoms. The number of benzene rings is 1. The van der Waals surface area contributed by atoms with Crippen LogP contribution in [0.25, 0.3) is 0 Å². The third-order valence-corrected chi connectivity index (χ3v) is 4.72. The zero-order valence-corrected chi connectivity index (χ0v) is 12.8. The van der Waals surface area contributed by atoms with E-state index in [1.165, 1.54) is 24.9 Å². The fourth-order valence-electron chi connectivity index (χ4n) is 3.57. The van der Waals surface area contributed by atoms with Gasteiger partial charge in [0.05, 0.1) is 12.7 Å². The van der Waals surface area contributed by atoms with Crippen molar-refractivity contribution in [2.75, 3.05) is 26.2 Å². The summed E-state index contributed by atoms with van der Waals surface area (Å²) in [6.07, 6.45) is 3.80. The van der Waals surface area contributed by atoms with Gasteiger partial charge in [-0.1, -0.05) is 19.1 Å². The molecule has 2 aliphatic rings. The number of phenolic OH excluding ortho intramolecular Hbond substituents is 1. The number of morpholine rings is 1. The highest BCUT2D eigenvalue weighted by Gasteiger charge is 2.35. The van der Waals surface area contributed by atoms with Crippen molar-refractivity contribution in [1.29, 1.82) is 0 Å². The van der Waals surface area contributed by atoms with Gasteiger partial charge in [-0.2, -0.15) is 0 Å². The number of likely N-dealkylation sites (N-methyl/N-ethyl adjacent to an activating group) is 1. The molecule has 0 aliphatic carbocycles. The van der Waals surface area contributed by atoms with Crippen molar-refractivity contribution in [3.8, 4) is 5.75 Å². The van der Waals surface area contributed by atoms with Gasteiger partial charge in [0.25, 0.3) is 0 Å². The van der Waals surface area contributed by atoms with Gasteiger partial charge in [-0.25, -0.2) is 0 Å². The van der Waals surface area contributed by atoms with Crippen LogP contribution in [0.5, 0.6) is 5.75 Å². The first-order valence-electron chi connectivity index (χ1n) is 8.13. The van der Waals surface area contributed by atoms with Gasteiger partial charge in [0, 0.05) is 18.6 Å². The summed E-state index contributed by atoms with van der Waals surface area (Å²) in [5, 5.41) is 13.0. The molecule has 1 aromatic rings. The second kappa shape index (κ2) is 6.77. The van der Waals surface area contributed by atoms with E-state index in [1.807, 2.05) is 12.1 Å². The van der Waals surface area contributed by atoms with E-state index in [-0.39, 0.29) is 6.10 Å². The Morgan fingerprint density at radius 2 is 2.19 bits per heavy atom. The second-order valence-corrected chi connectivity index (χ2v) is 6.20. The van der Waals surface area contributed by atoms with Crippen molar-refractivity contribution >= 4 is 0 Å². The summed E-state index contributed by atoms with van der Waals surface area (Å²) in [6.45, 7) is 6.24. The molecular formula is C17H26N2O2. The first-order valence-corrected chi connectivity index (χ1v) is 8.13. The van der Waals surface area contributed by atoms with Crippen LogP contribution in [0.15, 0.2) is 24.3 Å². The number of fused-ring (bicyclic) bond motifs is 1. The molecule has 3 atom stereocenters. The maximum atomic E-state index is 9.40. The molecule has 2 aliphatic heterocycles. The Morgan fingerprint density at radius 1 is 1.38 bits per heavy atom. The van der Waals surface area contributed by atoms with Crippen LogP contribution in [0.2, 0.25) is 0 Å². The lowest BCUT2D eigenvalue weighted by molar-refractivity contribution is -0.0641. The summed E-state index contributed by atoms with van der Waals surface area (Å²) >= 11 is 0. The zero-order chi connectivity index (χ0) is 14.7. The molecule has 1 aromatic carbocycles.